The fourth-order valence-electron chi connectivity index (χ4n) is 1.91. The lowest BCUT2D eigenvalue weighted by atomic mass is 9.85. The summed E-state index contributed by atoms with van der Waals surface area (Å²) in [6, 6.07) is 0.448. The molecule has 1 aromatic rings. The molecule has 17 heavy (non-hydrogen) atoms. The Labute approximate surface area is 110 Å². The van der Waals surface area contributed by atoms with Crippen LogP contribution in [0.2, 0.25) is 0 Å². The quantitative estimate of drug-likeness (QED) is 0.851. The van der Waals surface area contributed by atoms with E-state index in [1.54, 1.807) is 6.20 Å². The maximum absolute atomic E-state index is 4.30. The van der Waals surface area contributed by atoms with E-state index in [1.165, 1.54) is 0 Å². The van der Waals surface area contributed by atoms with Crippen molar-refractivity contribution in [2.24, 2.45) is 5.41 Å². The molecule has 0 aromatic carbocycles. The Morgan fingerprint density at radius 2 is 2.18 bits per heavy atom. The van der Waals surface area contributed by atoms with Gasteiger partial charge in [-0.05, 0) is 21.3 Å². The molecule has 0 spiro atoms. The molecule has 94 valence electrons. The second-order valence-corrected chi connectivity index (χ2v) is 6.21. The van der Waals surface area contributed by atoms with E-state index in [9.17, 15) is 0 Å². The molecule has 1 unspecified atom stereocenters. The summed E-state index contributed by atoms with van der Waals surface area (Å²) in [7, 11) is 0. The molecule has 0 radical (unpaired) electrons. The zero-order valence-electron chi connectivity index (χ0n) is 10.4. The van der Waals surface area contributed by atoms with Gasteiger partial charge in [0.05, 0.1) is 6.20 Å². The highest BCUT2D eigenvalue weighted by atomic mass is 79.9. The van der Waals surface area contributed by atoms with Gasteiger partial charge in [-0.2, -0.15) is 0 Å². The number of aromatic nitrogens is 3. The number of nitrogens with zero attached hydrogens (tertiary/aromatic N) is 4. The van der Waals surface area contributed by atoms with Crippen LogP contribution in [0.1, 0.15) is 20.8 Å². The normalized spacial score (nSPS) is 21.6. The first-order valence-electron chi connectivity index (χ1n) is 5.80. The maximum Gasteiger partial charge on any atom is 0.245 e. The molecule has 2 heterocycles. The van der Waals surface area contributed by atoms with E-state index in [4.69, 9.17) is 0 Å². The Morgan fingerprint density at radius 3 is 2.76 bits per heavy atom. The molecule has 1 aliphatic rings. The molecule has 0 bridgehead atoms. The summed E-state index contributed by atoms with van der Waals surface area (Å²) in [5.74, 6) is 0.712. The minimum atomic E-state index is 0.238. The summed E-state index contributed by atoms with van der Waals surface area (Å²) in [5, 5.41) is 11.6. The number of hydrogen-bond donors (Lipinski definition) is 1. The van der Waals surface area contributed by atoms with Gasteiger partial charge in [-0.15, -0.1) is 10.2 Å². The van der Waals surface area contributed by atoms with Crippen LogP contribution in [0.3, 0.4) is 0 Å². The van der Waals surface area contributed by atoms with Gasteiger partial charge in [0.25, 0.3) is 0 Å². The Kier molecular flexibility index (Phi) is 3.63. The van der Waals surface area contributed by atoms with Crippen LogP contribution in [0.25, 0.3) is 0 Å². The third-order valence-corrected chi connectivity index (χ3v) is 3.39. The van der Waals surface area contributed by atoms with Crippen LogP contribution in [0.4, 0.5) is 5.95 Å². The van der Waals surface area contributed by atoms with E-state index in [0.29, 0.717) is 16.6 Å². The van der Waals surface area contributed by atoms with Crippen LogP contribution < -0.4 is 10.2 Å². The number of rotatable bonds is 1. The molecule has 0 saturated carbocycles. The van der Waals surface area contributed by atoms with Crippen molar-refractivity contribution in [2.45, 2.75) is 26.8 Å². The van der Waals surface area contributed by atoms with Crippen LogP contribution in [0, 0.1) is 5.41 Å². The van der Waals surface area contributed by atoms with Gasteiger partial charge in [-0.3, -0.25) is 0 Å². The molecule has 0 aliphatic carbocycles. The molecule has 6 heteroatoms. The summed E-state index contributed by atoms with van der Waals surface area (Å²) >= 11 is 3.25. The molecule has 1 saturated heterocycles. The minimum Gasteiger partial charge on any atom is -0.337 e. The highest BCUT2D eigenvalue weighted by Crippen LogP contribution is 2.23. The lowest BCUT2D eigenvalue weighted by Gasteiger charge is -2.40. The largest absolute Gasteiger partial charge is 0.337 e. The molecular formula is C11H18BrN5. The first kappa shape index (κ1) is 12.7. The summed E-state index contributed by atoms with van der Waals surface area (Å²) in [4.78, 5) is 6.48. The second kappa shape index (κ2) is 4.86. The Balaban J connectivity index is 2.09. The SMILES string of the molecule is CC(C)(C)C1CN(c2ncc(Br)nn2)CCN1. The summed E-state index contributed by atoms with van der Waals surface area (Å²) in [5.41, 5.74) is 0.238. The fourth-order valence-corrected chi connectivity index (χ4v) is 2.09. The van der Waals surface area contributed by atoms with E-state index < -0.39 is 0 Å². The van der Waals surface area contributed by atoms with E-state index in [2.05, 4.69) is 62.1 Å². The molecule has 1 atom stereocenters. The van der Waals surface area contributed by atoms with E-state index in [-0.39, 0.29) is 5.41 Å². The lowest BCUT2D eigenvalue weighted by molar-refractivity contribution is 0.252. The topological polar surface area (TPSA) is 53.9 Å². The smallest absolute Gasteiger partial charge is 0.245 e. The Hall–Kier alpha value is -0.750. The van der Waals surface area contributed by atoms with Crippen LogP contribution in [0.15, 0.2) is 10.8 Å². The van der Waals surface area contributed by atoms with Gasteiger partial charge in [0.1, 0.15) is 4.60 Å². The molecule has 1 fully saturated rings. The fraction of sp³-hybridized carbons (Fsp3) is 0.727. The average molecular weight is 300 g/mol. The van der Waals surface area contributed by atoms with Crippen molar-refractivity contribution in [2.75, 3.05) is 24.5 Å². The first-order chi connectivity index (χ1) is 7.97. The highest BCUT2D eigenvalue weighted by molar-refractivity contribution is 9.10. The third-order valence-electron chi connectivity index (χ3n) is 3.03. The third kappa shape index (κ3) is 3.13. The van der Waals surface area contributed by atoms with Crippen LogP contribution in [0.5, 0.6) is 0 Å². The minimum absolute atomic E-state index is 0.238. The zero-order chi connectivity index (χ0) is 12.5. The van der Waals surface area contributed by atoms with Crippen LogP contribution in [-0.2, 0) is 0 Å². The summed E-state index contributed by atoms with van der Waals surface area (Å²) in [6.45, 7) is 9.54. The van der Waals surface area contributed by atoms with Crippen molar-refractivity contribution in [3.8, 4) is 0 Å². The van der Waals surface area contributed by atoms with Gasteiger partial charge in [0, 0.05) is 25.7 Å². The van der Waals surface area contributed by atoms with Crippen molar-refractivity contribution in [1.29, 1.82) is 0 Å². The molecular weight excluding hydrogens is 282 g/mol. The van der Waals surface area contributed by atoms with Gasteiger partial charge in [-0.1, -0.05) is 20.8 Å². The van der Waals surface area contributed by atoms with Crippen molar-refractivity contribution in [3.63, 3.8) is 0 Å². The molecule has 1 aromatic heterocycles. The zero-order valence-corrected chi connectivity index (χ0v) is 12.0. The van der Waals surface area contributed by atoms with Crippen molar-refractivity contribution < 1.29 is 0 Å². The van der Waals surface area contributed by atoms with E-state index >= 15 is 0 Å². The van der Waals surface area contributed by atoms with Crippen molar-refractivity contribution >= 4 is 21.9 Å². The van der Waals surface area contributed by atoms with E-state index in [1.807, 2.05) is 0 Å². The van der Waals surface area contributed by atoms with Crippen LogP contribution in [-0.4, -0.2) is 40.9 Å². The lowest BCUT2D eigenvalue weighted by Crippen LogP contribution is -2.56. The highest BCUT2D eigenvalue weighted by Gasteiger charge is 2.30. The predicted octanol–water partition coefficient (Wildman–Crippen LogP) is 1.46. The Morgan fingerprint density at radius 1 is 1.41 bits per heavy atom. The average Bonchev–Trinajstić information content (AvgIpc) is 2.29. The van der Waals surface area contributed by atoms with Gasteiger partial charge < -0.3 is 10.2 Å². The first-order valence-corrected chi connectivity index (χ1v) is 6.59. The number of halogens is 1. The number of nitrogens with one attached hydrogen (secondary N) is 1. The monoisotopic (exact) mass is 299 g/mol. The summed E-state index contributed by atoms with van der Waals surface area (Å²) < 4.78 is 0.670. The van der Waals surface area contributed by atoms with Crippen LogP contribution >= 0.6 is 15.9 Å². The number of piperazine rings is 1. The molecule has 1 N–H and O–H groups in total. The molecule has 2 rings (SSSR count). The predicted molar refractivity (Wildman–Crippen MR) is 71.0 cm³/mol. The second-order valence-electron chi connectivity index (χ2n) is 5.40. The standard InChI is InChI=1S/C11H18BrN5/c1-11(2,3)8-7-17(5-4-13-8)10-14-6-9(12)15-16-10/h6,8,13H,4-5,7H2,1-3H3. The number of hydrogen-bond acceptors (Lipinski definition) is 5. The molecule has 5 nitrogen and oxygen atoms in total. The van der Waals surface area contributed by atoms with Gasteiger partial charge in [0.2, 0.25) is 5.95 Å². The molecule has 0 amide bonds. The van der Waals surface area contributed by atoms with E-state index in [0.717, 1.165) is 19.6 Å². The van der Waals surface area contributed by atoms with Crippen molar-refractivity contribution in [1.82, 2.24) is 20.5 Å². The van der Waals surface area contributed by atoms with Gasteiger partial charge in [0.15, 0.2) is 0 Å². The van der Waals surface area contributed by atoms with Gasteiger partial charge in [-0.25, -0.2) is 4.98 Å². The van der Waals surface area contributed by atoms with Crippen molar-refractivity contribution in [3.05, 3.63) is 10.8 Å². The summed E-state index contributed by atoms with van der Waals surface area (Å²) in [6.07, 6.45) is 1.69. The Bertz CT molecular complexity index is 372. The number of anilines is 1. The molecule has 1 aliphatic heterocycles. The maximum atomic E-state index is 4.30. The van der Waals surface area contributed by atoms with Gasteiger partial charge >= 0.3 is 0 Å².